The highest BCUT2D eigenvalue weighted by Crippen LogP contribution is 2.15. The van der Waals surface area contributed by atoms with Gasteiger partial charge in [-0.2, -0.15) is 0 Å². The zero-order valence-corrected chi connectivity index (χ0v) is 15.4. The maximum Gasteiger partial charge on any atom is 0.238 e. The quantitative estimate of drug-likeness (QED) is 0.645. The highest BCUT2D eigenvalue weighted by atomic mass is 16.2. The lowest BCUT2D eigenvalue weighted by Gasteiger charge is -2.12. The molecule has 26 heavy (non-hydrogen) atoms. The van der Waals surface area contributed by atoms with Crippen molar-refractivity contribution in [3.8, 4) is 0 Å². The van der Waals surface area contributed by atoms with Crippen LogP contribution in [0.15, 0.2) is 54.6 Å². The SMILES string of the molecule is CCC(C)NCC(=O)Nc1cccc(NC(=O)CCc2ccccc2)c1. The summed E-state index contributed by atoms with van der Waals surface area (Å²) in [5.41, 5.74) is 2.48. The topological polar surface area (TPSA) is 70.2 Å². The van der Waals surface area contributed by atoms with E-state index >= 15 is 0 Å². The van der Waals surface area contributed by atoms with Gasteiger partial charge in [-0.05, 0) is 43.5 Å². The van der Waals surface area contributed by atoms with Crippen molar-refractivity contribution in [2.24, 2.45) is 0 Å². The van der Waals surface area contributed by atoms with Gasteiger partial charge in [0.05, 0.1) is 6.54 Å². The molecule has 2 rings (SSSR count). The predicted molar refractivity (Wildman–Crippen MR) is 106 cm³/mol. The van der Waals surface area contributed by atoms with Crippen molar-refractivity contribution in [3.63, 3.8) is 0 Å². The van der Waals surface area contributed by atoms with E-state index in [1.54, 1.807) is 12.1 Å². The molecule has 138 valence electrons. The summed E-state index contributed by atoms with van der Waals surface area (Å²) in [4.78, 5) is 24.1. The Balaban J connectivity index is 1.82. The van der Waals surface area contributed by atoms with E-state index in [2.05, 4.69) is 22.9 Å². The number of hydrogen-bond acceptors (Lipinski definition) is 3. The molecule has 0 aromatic heterocycles. The average Bonchev–Trinajstić information content (AvgIpc) is 2.65. The summed E-state index contributed by atoms with van der Waals surface area (Å²) >= 11 is 0. The maximum atomic E-state index is 12.1. The summed E-state index contributed by atoms with van der Waals surface area (Å²) in [5, 5.41) is 8.87. The first kappa shape index (κ1) is 19.7. The van der Waals surface area contributed by atoms with Crippen LogP contribution in [0, 0.1) is 0 Å². The first-order valence-corrected chi connectivity index (χ1v) is 9.04. The molecule has 0 aliphatic carbocycles. The molecule has 0 fully saturated rings. The van der Waals surface area contributed by atoms with Crippen molar-refractivity contribution in [2.45, 2.75) is 39.2 Å². The van der Waals surface area contributed by atoms with Gasteiger partial charge in [-0.25, -0.2) is 0 Å². The number of aryl methyl sites for hydroxylation is 1. The van der Waals surface area contributed by atoms with Crippen LogP contribution in [0.1, 0.15) is 32.3 Å². The van der Waals surface area contributed by atoms with Crippen LogP contribution in [0.2, 0.25) is 0 Å². The fourth-order valence-corrected chi connectivity index (χ4v) is 2.42. The molecule has 0 saturated carbocycles. The second kappa shape index (κ2) is 10.4. The van der Waals surface area contributed by atoms with Crippen LogP contribution in [-0.2, 0) is 16.0 Å². The third-order valence-corrected chi connectivity index (χ3v) is 4.14. The van der Waals surface area contributed by atoms with E-state index in [-0.39, 0.29) is 18.4 Å². The number of benzene rings is 2. The van der Waals surface area contributed by atoms with Crippen molar-refractivity contribution >= 4 is 23.2 Å². The average molecular weight is 353 g/mol. The highest BCUT2D eigenvalue weighted by Gasteiger charge is 2.07. The summed E-state index contributed by atoms with van der Waals surface area (Å²) in [6.45, 7) is 4.38. The largest absolute Gasteiger partial charge is 0.326 e. The van der Waals surface area contributed by atoms with Crippen LogP contribution in [0.5, 0.6) is 0 Å². The minimum Gasteiger partial charge on any atom is -0.326 e. The fourth-order valence-electron chi connectivity index (χ4n) is 2.42. The second-order valence-electron chi connectivity index (χ2n) is 6.35. The van der Waals surface area contributed by atoms with Gasteiger partial charge in [0.25, 0.3) is 0 Å². The Morgan fingerprint density at radius 2 is 1.58 bits per heavy atom. The summed E-state index contributed by atoms with van der Waals surface area (Å²) in [6, 6.07) is 17.4. The molecule has 5 nitrogen and oxygen atoms in total. The van der Waals surface area contributed by atoms with E-state index < -0.39 is 0 Å². The molecule has 3 N–H and O–H groups in total. The van der Waals surface area contributed by atoms with Gasteiger partial charge < -0.3 is 16.0 Å². The van der Waals surface area contributed by atoms with Crippen LogP contribution < -0.4 is 16.0 Å². The van der Waals surface area contributed by atoms with Crippen molar-refractivity contribution in [2.75, 3.05) is 17.2 Å². The molecule has 0 heterocycles. The molecular weight excluding hydrogens is 326 g/mol. The van der Waals surface area contributed by atoms with Gasteiger partial charge in [-0.3, -0.25) is 9.59 Å². The van der Waals surface area contributed by atoms with Crippen molar-refractivity contribution < 1.29 is 9.59 Å². The standard InChI is InChI=1S/C21H27N3O2/c1-3-16(2)22-15-21(26)24-19-11-7-10-18(14-19)23-20(25)13-12-17-8-5-4-6-9-17/h4-11,14,16,22H,3,12-13,15H2,1-2H3,(H,23,25)(H,24,26). The number of anilines is 2. The molecule has 2 amide bonds. The fraction of sp³-hybridized carbons (Fsp3) is 0.333. The number of rotatable bonds is 9. The normalized spacial score (nSPS) is 11.6. The van der Waals surface area contributed by atoms with Crippen molar-refractivity contribution in [1.82, 2.24) is 5.32 Å². The van der Waals surface area contributed by atoms with Gasteiger partial charge in [0.1, 0.15) is 0 Å². The predicted octanol–water partition coefficient (Wildman–Crippen LogP) is 3.58. The van der Waals surface area contributed by atoms with E-state index in [0.717, 1.165) is 12.0 Å². The van der Waals surface area contributed by atoms with Gasteiger partial charge in [0, 0.05) is 23.8 Å². The van der Waals surface area contributed by atoms with Gasteiger partial charge in [0.15, 0.2) is 0 Å². The van der Waals surface area contributed by atoms with Gasteiger partial charge in [0.2, 0.25) is 11.8 Å². The van der Waals surface area contributed by atoms with Crippen LogP contribution >= 0.6 is 0 Å². The van der Waals surface area contributed by atoms with E-state index in [1.165, 1.54) is 0 Å². The zero-order valence-electron chi connectivity index (χ0n) is 15.4. The number of hydrogen-bond donors (Lipinski definition) is 3. The summed E-state index contributed by atoms with van der Waals surface area (Å²) in [5.74, 6) is -0.145. The summed E-state index contributed by atoms with van der Waals surface area (Å²) < 4.78 is 0. The highest BCUT2D eigenvalue weighted by molar-refractivity contribution is 5.94. The molecule has 1 unspecified atom stereocenters. The lowest BCUT2D eigenvalue weighted by atomic mass is 10.1. The Labute approximate surface area is 155 Å². The third kappa shape index (κ3) is 7.07. The summed E-state index contributed by atoms with van der Waals surface area (Å²) in [6.07, 6.45) is 2.08. The van der Waals surface area contributed by atoms with E-state index in [9.17, 15) is 9.59 Å². The van der Waals surface area contributed by atoms with Crippen LogP contribution in [-0.4, -0.2) is 24.4 Å². The zero-order chi connectivity index (χ0) is 18.8. The molecule has 5 heteroatoms. The molecule has 2 aromatic carbocycles. The molecule has 0 spiro atoms. The molecule has 0 radical (unpaired) electrons. The minimum atomic E-state index is -0.0992. The Kier molecular flexibility index (Phi) is 7.83. The monoisotopic (exact) mass is 353 g/mol. The van der Waals surface area contributed by atoms with Crippen molar-refractivity contribution in [3.05, 3.63) is 60.2 Å². The Morgan fingerprint density at radius 1 is 0.923 bits per heavy atom. The molecule has 0 aliphatic heterocycles. The minimum absolute atomic E-state index is 0.0456. The molecule has 0 saturated heterocycles. The Bertz CT molecular complexity index is 716. The molecule has 0 aliphatic rings. The van der Waals surface area contributed by atoms with Crippen LogP contribution in [0.4, 0.5) is 11.4 Å². The van der Waals surface area contributed by atoms with Gasteiger partial charge >= 0.3 is 0 Å². The number of nitrogens with one attached hydrogen (secondary N) is 3. The Hall–Kier alpha value is -2.66. The third-order valence-electron chi connectivity index (χ3n) is 4.14. The lowest BCUT2D eigenvalue weighted by molar-refractivity contribution is -0.116. The number of amides is 2. The van der Waals surface area contributed by atoms with Crippen LogP contribution in [0.3, 0.4) is 0 Å². The molecular formula is C21H27N3O2. The summed E-state index contributed by atoms with van der Waals surface area (Å²) in [7, 11) is 0. The second-order valence-corrected chi connectivity index (χ2v) is 6.35. The molecule has 0 bridgehead atoms. The van der Waals surface area contributed by atoms with Gasteiger partial charge in [-0.1, -0.05) is 43.3 Å². The first-order chi connectivity index (χ1) is 12.6. The molecule has 1 atom stereocenters. The number of carbonyl (C=O) groups is 2. The van der Waals surface area contributed by atoms with Crippen LogP contribution in [0.25, 0.3) is 0 Å². The molecule has 2 aromatic rings. The van der Waals surface area contributed by atoms with Gasteiger partial charge in [-0.15, -0.1) is 0 Å². The van der Waals surface area contributed by atoms with E-state index in [4.69, 9.17) is 0 Å². The lowest BCUT2D eigenvalue weighted by Crippen LogP contribution is -2.33. The number of carbonyl (C=O) groups excluding carboxylic acids is 2. The first-order valence-electron chi connectivity index (χ1n) is 9.04. The maximum absolute atomic E-state index is 12.1. The van der Waals surface area contributed by atoms with E-state index in [1.807, 2.05) is 49.4 Å². The van der Waals surface area contributed by atoms with E-state index in [0.29, 0.717) is 30.3 Å². The Morgan fingerprint density at radius 3 is 2.23 bits per heavy atom. The van der Waals surface area contributed by atoms with Crippen molar-refractivity contribution in [1.29, 1.82) is 0 Å². The smallest absolute Gasteiger partial charge is 0.238 e.